The fourth-order valence-electron chi connectivity index (χ4n) is 2.24. The molecular weight excluding hydrogens is 270 g/mol. The number of Topliss-reactive ketones (excluding diaryl/α,β-unsaturated/α-hetero) is 1. The summed E-state index contributed by atoms with van der Waals surface area (Å²) in [6.07, 6.45) is 2.33. The normalized spacial score (nSPS) is 20.3. The topological polar surface area (TPSA) is 29.5 Å². The largest absolute Gasteiger partial charge is 0.381 e. The number of hydrogen-bond donors (Lipinski definition) is 0. The van der Waals surface area contributed by atoms with Gasteiger partial charge in [0.2, 0.25) is 0 Å². The highest BCUT2D eigenvalue weighted by Gasteiger charge is 2.18. The Balaban J connectivity index is 1.79. The van der Waals surface area contributed by atoms with Crippen molar-refractivity contribution in [3.8, 4) is 0 Å². The van der Waals surface area contributed by atoms with Gasteiger partial charge in [-0.2, -0.15) is 0 Å². The highest BCUT2D eigenvalue weighted by atomic mass is 35.5. The predicted octanol–water partition coefficient (Wildman–Crippen LogP) is 2.94. The fourth-order valence-corrected chi connectivity index (χ4v) is 3.22. The molecule has 1 atom stereocenters. The predicted molar refractivity (Wildman–Crippen MR) is 74.7 cm³/mol. The summed E-state index contributed by atoms with van der Waals surface area (Å²) in [6.45, 7) is 3.08. The molecule has 1 fully saturated rings. The summed E-state index contributed by atoms with van der Waals surface area (Å²) in [6, 6.07) is 3.57. The highest BCUT2D eigenvalue weighted by Crippen LogP contribution is 2.22. The van der Waals surface area contributed by atoms with Crippen LogP contribution in [0.15, 0.2) is 12.1 Å². The molecule has 0 spiro atoms. The molecule has 100 valence electrons. The lowest BCUT2D eigenvalue weighted by molar-refractivity contribution is 0.0416. The van der Waals surface area contributed by atoms with E-state index < -0.39 is 0 Å². The van der Waals surface area contributed by atoms with Crippen molar-refractivity contribution in [2.24, 2.45) is 5.92 Å². The zero-order chi connectivity index (χ0) is 13.0. The quantitative estimate of drug-likeness (QED) is 0.780. The molecule has 2 heterocycles. The van der Waals surface area contributed by atoms with Crippen LogP contribution in [0, 0.1) is 5.92 Å². The van der Waals surface area contributed by atoms with E-state index in [1.54, 1.807) is 12.1 Å². The van der Waals surface area contributed by atoms with Gasteiger partial charge in [-0.25, -0.2) is 0 Å². The second-order valence-electron chi connectivity index (χ2n) is 4.81. The summed E-state index contributed by atoms with van der Waals surface area (Å²) in [4.78, 5) is 14.8. The lowest BCUT2D eigenvalue weighted by atomic mass is 10.0. The van der Waals surface area contributed by atoms with Crippen LogP contribution in [0.1, 0.15) is 22.5 Å². The SMILES string of the molecule is CN(CC(=O)c1ccc(Cl)s1)CC1CCCOC1. The number of carbonyl (C=O) groups is 1. The van der Waals surface area contributed by atoms with Crippen LogP contribution >= 0.6 is 22.9 Å². The van der Waals surface area contributed by atoms with Crippen molar-refractivity contribution < 1.29 is 9.53 Å². The first-order valence-electron chi connectivity index (χ1n) is 6.20. The molecule has 1 aliphatic heterocycles. The molecule has 1 unspecified atom stereocenters. The molecule has 1 aromatic rings. The van der Waals surface area contributed by atoms with Crippen molar-refractivity contribution in [3.05, 3.63) is 21.3 Å². The fraction of sp³-hybridized carbons (Fsp3) is 0.615. The van der Waals surface area contributed by atoms with Gasteiger partial charge in [0.15, 0.2) is 5.78 Å². The third-order valence-electron chi connectivity index (χ3n) is 3.09. The molecule has 1 aliphatic rings. The van der Waals surface area contributed by atoms with E-state index in [4.69, 9.17) is 16.3 Å². The van der Waals surface area contributed by atoms with Crippen molar-refractivity contribution in [3.63, 3.8) is 0 Å². The minimum Gasteiger partial charge on any atom is -0.381 e. The van der Waals surface area contributed by atoms with Crippen LogP contribution in [-0.2, 0) is 4.74 Å². The third-order valence-corrected chi connectivity index (χ3v) is 4.36. The van der Waals surface area contributed by atoms with Gasteiger partial charge in [0, 0.05) is 13.2 Å². The van der Waals surface area contributed by atoms with Gasteiger partial charge in [-0.3, -0.25) is 9.69 Å². The summed E-state index contributed by atoms with van der Waals surface area (Å²) in [5.41, 5.74) is 0. The van der Waals surface area contributed by atoms with Crippen LogP contribution in [0.25, 0.3) is 0 Å². The number of halogens is 1. The Hall–Kier alpha value is -0.420. The van der Waals surface area contributed by atoms with Crippen molar-refractivity contribution >= 4 is 28.7 Å². The zero-order valence-electron chi connectivity index (χ0n) is 10.5. The van der Waals surface area contributed by atoms with Gasteiger partial charge >= 0.3 is 0 Å². The molecule has 0 radical (unpaired) electrons. The monoisotopic (exact) mass is 287 g/mol. The smallest absolute Gasteiger partial charge is 0.186 e. The van der Waals surface area contributed by atoms with Crippen molar-refractivity contribution in [2.45, 2.75) is 12.8 Å². The van der Waals surface area contributed by atoms with Gasteiger partial charge in [0.25, 0.3) is 0 Å². The molecule has 0 saturated carbocycles. The summed E-state index contributed by atoms with van der Waals surface area (Å²) in [7, 11) is 1.99. The van der Waals surface area contributed by atoms with E-state index >= 15 is 0 Å². The van der Waals surface area contributed by atoms with Gasteiger partial charge in [-0.1, -0.05) is 11.6 Å². The van der Waals surface area contributed by atoms with Crippen molar-refractivity contribution in [1.29, 1.82) is 0 Å². The number of nitrogens with zero attached hydrogens (tertiary/aromatic N) is 1. The number of rotatable bonds is 5. The average Bonchev–Trinajstić information content (AvgIpc) is 2.77. The van der Waals surface area contributed by atoms with E-state index in [-0.39, 0.29) is 5.78 Å². The molecule has 18 heavy (non-hydrogen) atoms. The average molecular weight is 288 g/mol. The van der Waals surface area contributed by atoms with Gasteiger partial charge in [-0.05, 0) is 37.9 Å². The van der Waals surface area contributed by atoms with Gasteiger partial charge in [-0.15, -0.1) is 11.3 Å². The minimum atomic E-state index is 0.145. The van der Waals surface area contributed by atoms with Crippen LogP contribution in [-0.4, -0.2) is 44.0 Å². The van der Waals surface area contributed by atoms with Crippen molar-refractivity contribution in [2.75, 3.05) is 33.4 Å². The maximum absolute atomic E-state index is 12.0. The Bertz CT molecular complexity index is 401. The number of ketones is 1. The number of thiophene rings is 1. The third kappa shape index (κ3) is 4.05. The lowest BCUT2D eigenvalue weighted by Gasteiger charge is -2.26. The molecule has 0 aromatic carbocycles. The standard InChI is InChI=1S/C13H18ClNO2S/c1-15(7-10-3-2-6-17-9-10)8-11(16)12-4-5-13(14)18-12/h4-5,10H,2-3,6-9H2,1H3. The van der Waals surface area contributed by atoms with E-state index in [1.165, 1.54) is 17.8 Å². The van der Waals surface area contributed by atoms with Crippen LogP contribution < -0.4 is 0 Å². The number of hydrogen-bond acceptors (Lipinski definition) is 4. The minimum absolute atomic E-state index is 0.145. The van der Waals surface area contributed by atoms with Crippen LogP contribution in [0.4, 0.5) is 0 Å². The molecule has 1 saturated heterocycles. The van der Waals surface area contributed by atoms with Gasteiger partial charge < -0.3 is 4.74 Å². The molecule has 3 nitrogen and oxygen atoms in total. The number of likely N-dealkylation sites (N-methyl/N-ethyl adjacent to an activating group) is 1. The van der Waals surface area contributed by atoms with E-state index in [0.717, 1.165) is 31.1 Å². The van der Waals surface area contributed by atoms with Crippen LogP contribution in [0.5, 0.6) is 0 Å². The summed E-state index contributed by atoms with van der Waals surface area (Å²) < 4.78 is 6.12. The Morgan fingerprint density at radius 1 is 1.61 bits per heavy atom. The Morgan fingerprint density at radius 3 is 3.06 bits per heavy atom. The second-order valence-corrected chi connectivity index (χ2v) is 6.52. The maximum atomic E-state index is 12.0. The zero-order valence-corrected chi connectivity index (χ0v) is 12.1. The van der Waals surface area contributed by atoms with E-state index in [2.05, 4.69) is 4.90 Å². The molecule has 0 N–H and O–H groups in total. The lowest BCUT2D eigenvalue weighted by Crippen LogP contribution is -2.34. The molecular formula is C13H18ClNO2S. The first kappa shape index (κ1) is 14.0. The van der Waals surface area contributed by atoms with Crippen LogP contribution in [0.2, 0.25) is 4.34 Å². The summed E-state index contributed by atoms with van der Waals surface area (Å²) in [5, 5.41) is 0. The van der Waals surface area contributed by atoms with Crippen molar-refractivity contribution in [1.82, 2.24) is 4.90 Å². The van der Waals surface area contributed by atoms with E-state index in [9.17, 15) is 4.79 Å². The first-order valence-corrected chi connectivity index (χ1v) is 7.39. The Kier molecular flexibility index (Phi) is 5.18. The van der Waals surface area contributed by atoms with Crippen LogP contribution in [0.3, 0.4) is 0 Å². The first-order chi connectivity index (χ1) is 8.65. The highest BCUT2D eigenvalue weighted by molar-refractivity contribution is 7.18. The summed E-state index contributed by atoms with van der Waals surface area (Å²) >= 11 is 7.18. The van der Waals surface area contributed by atoms with E-state index in [0.29, 0.717) is 16.8 Å². The van der Waals surface area contributed by atoms with Gasteiger partial charge in [0.05, 0.1) is 22.4 Å². The molecule has 1 aromatic heterocycles. The number of ether oxygens (including phenoxy) is 1. The molecule has 0 bridgehead atoms. The second kappa shape index (κ2) is 6.66. The molecule has 5 heteroatoms. The Labute approximate surface area is 117 Å². The number of carbonyl (C=O) groups excluding carboxylic acids is 1. The maximum Gasteiger partial charge on any atom is 0.186 e. The molecule has 0 amide bonds. The van der Waals surface area contributed by atoms with E-state index in [1.807, 2.05) is 7.05 Å². The molecule has 0 aliphatic carbocycles. The Morgan fingerprint density at radius 2 is 2.44 bits per heavy atom. The molecule has 2 rings (SSSR count). The summed E-state index contributed by atoms with van der Waals surface area (Å²) in [5.74, 6) is 0.703. The van der Waals surface area contributed by atoms with Gasteiger partial charge in [0.1, 0.15) is 0 Å².